The number of allylic oxidation sites excluding steroid dienone is 1. The highest BCUT2D eigenvalue weighted by Gasteiger charge is 2.37. The summed E-state index contributed by atoms with van der Waals surface area (Å²) in [7, 11) is 0. The van der Waals surface area contributed by atoms with E-state index in [2.05, 4.69) is 77.2 Å². The first-order chi connectivity index (χ1) is 15.5. The molecule has 3 aliphatic heterocycles. The number of carbonyl (C=O) groups excluding carboxylic acids is 1. The average molecular weight is 430 g/mol. The Kier molecular flexibility index (Phi) is 5.71. The van der Waals surface area contributed by atoms with Crippen LogP contribution in [0.5, 0.6) is 0 Å². The molecule has 0 aromatic heterocycles. The van der Waals surface area contributed by atoms with E-state index in [0.29, 0.717) is 5.41 Å². The Hall–Kier alpha value is -2.75. The molecular formula is C28H35N3O. The van der Waals surface area contributed by atoms with Crippen molar-refractivity contribution in [3.8, 4) is 0 Å². The van der Waals surface area contributed by atoms with E-state index in [1.54, 1.807) is 0 Å². The second-order valence-electron chi connectivity index (χ2n) is 10.0. The van der Waals surface area contributed by atoms with Crippen LogP contribution in [0.2, 0.25) is 0 Å². The van der Waals surface area contributed by atoms with E-state index in [4.69, 9.17) is 0 Å². The minimum absolute atomic E-state index is 0.0472. The largest absolute Gasteiger partial charge is 0.371 e. The van der Waals surface area contributed by atoms with Gasteiger partial charge in [0.2, 0.25) is 5.91 Å². The van der Waals surface area contributed by atoms with Gasteiger partial charge in [0, 0.05) is 43.3 Å². The van der Waals surface area contributed by atoms with Crippen molar-refractivity contribution in [1.29, 1.82) is 0 Å². The molecule has 0 saturated carbocycles. The first-order valence-electron chi connectivity index (χ1n) is 12.2. The number of hydrogen-bond donors (Lipinski definition) is 1. The third-order valence-corrected chi connectivity index (χ3v) is 8.11. The molecular weight excluding hydrogens is 394 g/mol. The fourth-order valence-electron chi connectivity index (χ4n) is 5.94. The highest BCUT2D eigenvalue weighted by Crippen LogP contribution is 2.43. The molecule has 3 aliphatic rings. The van der Waals surface area contributed by atoms with E-state index in [1.807, 2.05) is 0 Å². The highest BCUT2D eigenvalue weighted by molar-refractivity contribution is 5.86. The molecule has 1 spiro atoms. The lowest BCUT2D eigenvalue weighted by Crippen LogP contribution is -2.47. The summed E-state index contributed by atoms with van der Waals surface area (Å²) in [6.07, 6.45) is 6.89. The SMILES string of the molecule is C=C1CCC(c2ccc(N3CCC4(CCN(c5ccccc5)CC4)CC3)cc2C)C(=O)N1. The molecule has 168 valence electrons. The Morgan fingerprint density at radius 1 is 0.906 bits per heavy atom. The summed E-state index contributed by atoms with van der Waals surface area (Å²) in [5.74, 6) is 0.0489. The molecule has 1 atom stereocenters. The van der Waals surface area contributed by atoms with Crippen molar-refractivity contribution in [2.75, 3.05) is 36.0 Å². The Bertz CT molecular complexity index is 981. The molecule has 5 rings (SSSR count). The summed E-state index contributed by atoms with van der Waals surface area (Å²) in [6.45, 7) is 10.7. The predicted molar refractivity (Wildman–Crippen MR) is 132 cm³/mol. The molecule has 32 heavy (non-hydrogen) atoms. The van der Waals surface area contributed by atoms with Crippen molar-refractivity contribution in [2.45, 2.75) is 51.4 Å². The fraction of sp³-hybridized carbons (Fsp3) is 0.464. The maximum atomic E-state index is 12.4. The maximum absolute atomic E-state index is 12.4. The van der Waals surface area contributed by atoms with E-state index in [-0.39, 0.29) is 11.8 Å². The molecule has 0 aliphatic carbocycles. The zero-order valence-corrected chi connectivity index (χ0v) is 19.3. The lowest BCUT2D eigenvalue weighted by molar-refractivity contribution is -0.122. The zero-order chi connectivity index (χ0) is 22.1. The molecule has 0 radical (unpaired) electrons. The molecule has 3 fully saturated rings. The third-order valence-electron chi connectivity index (χ3n) is 8.11. The van der Waals surface area contributed by atoms with Gasteiger partial charge < -0.3 is 15.1 Å². The Morgan fingerprint density at radius 2 is 1.53 bits per heavy atom. The number of para-hydroxylation sites is 1. The summed E-state index contributed by atoms with van der Waals surface area (Å²) < 4.78 is 0. The number of nitrogens with one attached hydrogen (secondary N) is 1. The molecule has 3 heterocycles. The van der Waals surface area contributed by atoms with Crippen LogP contribution in [0.4, 0.5) is 11.4 Å². The number of anilines is 2. The van der Waals surface area contributed by atoms with Gasteiger partial charge in [-0.25, -0.2) is 0 Å². The van der Waals surface area contributed by atoms with Gasteiger partial charge in [-0.2, -0.15) is 0 Å². The van der Waals surface area contributed by atoms with Gasteiger partial charge in [0.1, 0.15) is 0 Å². The molecule has 1 N–H and O–H groups in total. The zero-order valence-electron chi connectivity index (χ0n) is 19.3. The predicted octanol–water partition coefficient (Wildman–Crippen LogP) is 5.39. The molecule has 0 bridgehead atoms. The second-order valence-corrected chi connectivity index (χ2v) is 10.0. The lowest BCUT2D eigenvalue weighted by Gasteiger charge is -2.48. The number of nitrogens with zero attached hydrogens (tertiary/aromatic N) is 2. The van der Waals surface area contributed by atoms with Crippen LogP contribution in [0.15, 0.2) is 60.8 Å². The summed E-state index contributed by atoms with van der Waals surface area (Å²) in [5, 5.41) is 2.93. The van der Waals surface area contributed by atoms with Gasteiger partial charge in [0.05, 0.1) is 5.92 Å². The van der Waals surface area contributed by atoms with E-state index in [9.17, 15) is 4.79 Å². The van der Waals surface area contributed by atoms with Crippen molar-refractivity contribution < 1.29 is 4.79 Å². The Morgan fingerprint density at radius 3 is 2.12 bits per heavy atom. The average Bonchev–Trinajstić information content (AvgIpc) is 2.81. The van der Waals surface area contributed by atoms with Gasteiger partial charge in [0.25, 0.3) is 0 Å². The highest BCUT2D eigenvalue weighted by atomic mass is 16.2. The smallest absolute Gasteiger partial charge is 0.231 e. The van der Waals surface area contributed by atoms with E-state index in [0.717, 1.165) is 31.6 Å². The Balaban J connectivity index is 1.20. The molecule has 4 heteroatoms. The van der Waals surface area contributed by atoms with Crippen LogP contribution < -0.4 is 15.1 Å². The van der Waals surface area contributed by atoms with Crippen LogP contribution in [0, 0.1) is 12.3 Å². The second kappa shape index (κ2) is 8.65. The topological polar surface area (TPSA) is 35.6 Å². The van der Waals surface area contributed by atoms with Crippen molar-refractivity contribution >= 4 is 17.3 Å². The molecule has 1 unspecified atom stereocenters. The molecule has 1 amide bonds. The number of rotatable bonds is 3. The molecule has 2 aromatic carbocycles. The molecule has 4 nitrogen and oxygen atoms in total. The number of hydrogen-bond acceptors (Lipinski definition) is 3. The third kappa shape index (κ3) is 4.15. The quantitative estimate of drug-likeness (QED) is 0.711. The summed E-state index contributed by atoms with van der Waals surface area (Å²) in [6, 6.07) is 17.6. The molecule has 2 aromatic rings. The van der Waals surface area contributed by atoms with Gasteiger partial charge >= 0.3 is 0 Å². The number of amides is 1. The maximum Gasteiger partial charge on any atom is 0.231 e. The monoisotopic (exact) mass is 429 g/mol. The van der Waals surface area contributed by atoms with Crippen LogP contribution >= 0.6 is 0 Å². The first kappa shape index (κ1) is 21.1. The van der Waals surface area contributed by atoms with Crippen LogP contribution in [0.25, 0.3) is 0 Å². The van der Waals surface area contributed by atoms with Crippen LogP contribution in [0.3, 0.4) is 0 Å². The van der Waals surface area contributed by atoms with E-state index < -0.39 is 0 Å². The van der Waals surface area contributed by atoms with Crippen LogP contribution in [0.1, 0.15) is 55.6 Å². The van der Waals surface area contributed by atoms with Gasteiger partial charge in [-0.15, -0.1) is 0 Å². The number of aryl methyl sites for hydroxylation is 1. The number of carbonyl (C=O) groups is 1. The van der Waals surface area contributed by atoms with Gasteiger partial charge in [0.15, 0.2) is 0 Å². The number of piperidine rings is 3. The normalized spacial score (nSPS) is 23.3. The minimum Gasteiger partial charge on any atom is -0.371 e. The van der Waals surface area contributed by atoms with E-state index in [1.165, 1.54) is 61.3 Å². The fourth-order valence-corrected chi connectivity index (χ4v) is 5.94. The van der Waals surface area contributed by atoms with Gasteiger partial charge in [-0.05, 0) is 86.3 Å². The number of benzene rings is 2. The van der Waals surface area contributed by atoms with Crippen molar-refractivity contribution in [3.05, 3.63) is 71.9 Å². The van der Waals surface area contributed by atoms with E-state index >= 15 is 0 Å². The minimum atomic E-state index is -0.0472. The summed E-state index contributed by atoms with van der Waals surface area (Å²) in [4.78, 5) is 17.5. The summed E-state index contributed by atoms with van der Waals surface area (Å²) >= 11 is 0. The lowest BCUT2D eigenvalue weighted by atomic mass is 9.71. The van der Waals surface area contributed by atoms with Crippen molar-refractivity contribution in [3.63, 3.8) is 0 Å². The summed E-state index contributed by atoms with van der Waals surface area (Å²) in [5.41, 5.74) is 6.43. The van der Waals surface area contributed by atoms with Crippen molar-refractivity contribution in [1.82, 2.24) is 5.32 Å². The standard InChI is InChI=1S/C28H35N3O/c1-21-20-24(9-11-25(21)26-10-8-22(2)29-27(26)32)31-18-14-28(15-19-31)12-16-30(17-13-28)23-6-4-3-5-7-23/h3-7,9,11,20,26H,2,8,10,12-19H2,1H3,(H,29,32). The van der Waals surface area contributed by atoms with Gasteiger partial charge in [-0.1, -0.05) is 30.8 Å². The van der Waals surface area contributed by atoms with Gasteiger partial charge in [-0.3, -0.25) is 4.79 Å². The first-order valence-corrected chi connectivity index (χ1v) is 12.2. The molecule has 3 saturated heterocycles. The Labute approximate surface area is 192 Å². The van der Waals surface area contributed by atoms with Crippen LogP contribution in [-0.4, -0.2) is 32.1 Å². The van der Waals surface area contributed by atoms with Crippen LogP contribution in [-0.2, 0) is 4.79 Å². The van der Waals surface area contributed by atoms with Crippen molar-refractivity contribution in [2.24, 2.45) is 5.41 Å².